The number of Topliss-reactive ketones (excluding diaryl/α,β-unsaturated/α-hetero) is 1. The van der Waals surface area contributed by atoms with Gasteiger partial charge in [0.25, 0.3) is 0 Å². The van der Waals surface area contributed by atoms with Crippen molar-refractivity contribution in [3.63, 3.8) is 0 Å². The predicted molar refractivity (Wildman–Crippen MR) is 55.8 cm³/mol. The third-order valence-electron chi connectivity index (χ3n) is 2.42. The van der Waals surface area contributed by atoms with E-state index in [0.717, 1.165) is 13.1 Å². The quantitative estimate of drug-likeness (QED) is 0.737. The summed E-state index contributed by atoms with van der Waals surface area (Å²) in [6, 6.07) is 3.47. The van der Waals surface area contributed by atoms with Crippen LogP contribution in [0.2, 0.25) is 0 Å². The van der Waals surface area contributed by atoms with Crippen molar-refractivity contribution >= 4 is 5.78 Å². The van der Waals surface area contributed by atoms with E-state index in [4.69, 9.17) is 4.74 Å². The molecule has 1 aromatic rings. The molecule has 1 aromatic heterocycles. The molecule has 1 unspecified atom stereocenters. The van der Waals surface area contributed by atoms with E-state index in [1.165, 1.54) is 0 Å². The molecule has 0 radical (unpaired) electrons. The Bertz CT molecular complexity index is 321. The topological polar surface area (TPSA) is 51.2 Å². The number of aromatic nitrogens is 1. The van der Waals surface area contributed by atoms with E-state index in [1.807, 2.05) is 0 Å². The number of hydrogen-bond acceptors (Lipinski definition) is 4. The molecule has 1 aliphatic heterocycles. The summed E-state index contributed by atoms with van der Waals surface area (Å²) in [6.45, 7) is 2.32. The molecule has 1 N–H and O–H groups in total. The highest BCUT2D eigenvalue weighted by Crippen LogP contribution is 2.08. The number of pyridine rings is 1. The van der Waals surface area contributed by atoms with Gasteiger partial charge >= 0.3 is 0 Å². The monoisotopic (exact) mass is 206 g/mol. The molecule has 80 valence electrons. The highest BCUT2D eigenvalue weighted by Gasteiger charge is 2.17. The Balaban J connectivity index is 1.91. The number of nitrogens with zero attached hydrogens (tertiary/aromatic N) is 1. The zero-order valence-corrected chi connectivity index (χ0v) is 8.48. The Hall–Kier alpha value is -1.26. The second kappa shape index (κ2) is 5.00. The Kier molecular flexibility index (Phi) is 3.42. The molecule has 0 saturated carbocycles. The number of ether oxygens (including phenoxy) is 1. The maximum atomic E-state index is 11.8. The normalized spacial score (nSPS) is 21.2. The van der Waals surface area contributed by atoms with Crippen molar-refractivity contribution in [2.45, 2.75) is 12.5 Å². The number of carbonyl (C=O) groups excluding carboxylic acids is 1. The van der Waals surface area contributed by atoms with Crippen molar-refractivity contribution in [3.8, 4) is 0 Å². The van der Waals surface area contributed by atoms with Gasteiger partial charge in [-0.15, -0.1) is 0 Å². The average Bonchev–Trinajstić information content (AvgIpc) is 2.31. The molecule has 2 rings (SSSR count). The SMILES string of the molecule is O=C(CC1CNCCO1)c1ccncc1. The predicted octanol–water partition coefficient (Wildman–Crippen LogP) is 0.643. The first kappa shape index (κ1) is 10.3. The number of hydrogen-bond donors (Lipinski definition) is 1. The minimum absolute atomic E-state index is 0.0133. The zero-order chi connectivity index (χ0) is 10.5. The third-order valence-corrected chi connectivity index (χ3v) is 2.42. The van der Waals surface area contributed by atoms with Crippen LogP contribution in [0, 0.1) is 0 Å². The Morgan fingerprint density at radius 2 is 2.33 bits per heavy atom. The largest absolute Gasteiger partial charge is 0.375 e. The summed E-state index contributed by atoms with van der Waals surface area (Å²) in [6.07, 6.45) is 3.72. The average molecular weight is 206 g/mol. The molecule has 0 aromatic carbocycles. The van der Waals surface area contributed by atoms with E-state index in [-0.39, 0.29) is 11.9 Å². The van der Waals surface area contributed by atoms with Gasteiger partial charge in [-0.2, -0.15) is 0 Å². The molecule has 15 heavy (non-hydrogen) atoms. The number of nitrogens with one attached hydrogen (secondary N) is 1. The standard InChI is InChI=1S/C11H14N2O2/c14-11(9-1-3-12-4-2-9)7-10-8-13-5-6-15-10/h1-4,10,13H,5-8H2. The lowest BCUT2D eigenvalue weighted by Crippen LogP contribution is -2.39. The molecular formula is C11H14N2O2. The van der Waals surface area contributed by atoms with Gasteiger partial charge in [0.2, 0.25) is 0 Å². The van der Waals surface area contributed by atoms with Crippen molar-refractivity contribution < 1.29 is 9.53 Å². The van der Waals surface area contributed by atoms with Crippen molar-refractivity contribution in [1.82, 2.24) is 10.3 Å². The smallest absolute Gasteiger partial charge is 0.165 e. The maximum Gasteiger partial charge on any atom is 0.165 e. The van der Waals surface area contributed by atoms with Crippen molar-refractivity contribution in [3.05, 3.63) is 30.1 Å². The van der Waals surface area contributed by atoms with Crippen LogP contribution in [0.15, 0.2) is 24.5 Å². The molecule has 1 fully saturated rings. The molecular weight excluding hydrogens is 192 g/mol. The van der Waals surface area contributed by atoms with E-state index in [1.54, 1.807) is 24.5 Å². The van der Waals surface area contributed by atoms with Gasteiger partial charge in [-0.05, 0) is 12.1 Å². The zero-order valence-electron chi connectivity index (χ0n) is 8.48. The van der Waals surface area contributed by atoms with Crippen molar-refractivity contribution in [2.75, 3.05) is 19.7 Å². The summed E-state index contributed by atoms with van der Waals surface area (Å²) in [4.78, 5) is 15.7. The summed E-state index contributed by atoms with van der Waals surface area (Å²) < 4.78 is 5.47. The summed E-state index contributed by atoms with van der Waals surface area (Å²) in [5.41, 5.74) is 0.708. The molecule has 0 aliphatic carbocycles. The van der Waals surface area contributed by atoms with Gasteiger partial charge in [-0.25, -0.2) is 0 Å². The summed E-state index contributed by atoms with van der Waals surface area (Å²) in [5.74, 6) is 0.117. The van der Waals surface area contributed by atoms with E-state index in [2.05, 4.69) is 10.3 Å². The van der Waals surface area contributed by atoms with E-state index in [0.29, 0.717) is 18.6 Å². The lowest BCUT2D eigenvalue weighted by molar-refractivity contribution is 0.0240. The maximum absolute atomic E-state index is 11.8. The molecule has 2 heterocycles. The van der Waals surface area contributed by atoms with Crippen LogP contribution < -0.4 is 5.32 Å². The van der Waals surface area contributed by atoms with Gasteiger partial charge in [0.1, 0.15) is 0 Å². The van der Waals surface area contributed by atoms with Crippen molar-refractivity contribution in [1.29, 1.82) is 0 Å². The second-order valence-corrected chi connectivity index (χ2v) is 3.56. The van der Waals surface area contributed by atoms with Gasteiger partial charge in [0, 0.05) is 37.5 Å². The van der Waals surface area contributed by atoms with Crippen molar-refractivity contribution in [2.24, 2.45) is 0 Å². The molecule has 0 bridgehead atoms. The number of carbonyl (C=O) groups is 1. The van der Waals surface area contributed by atoms with Crippen LogP contribution in [-0.4, -0.2) is 36.6 Å². The fourth-order valence-corrected chi connectivity index (χ4v) is 1.61. The fourth-order valence-electron chi connectivity index (χ4n) is 1.61. The summed E-state index contributed by atoms with van der Waals surface area (Å²) in [7, 11) is 0. The fraction of sp³-hybridized carbons (Fsp3) is 0.455. The lowest BCUT2D eigenvalue weighted by atomic mass is 10.1. The second-order valence-electron chi connectivity index (χ2n) is 3.56. The summed E-state index contributed by atoms with van der Waals surface area (Å²) >= 11 is 0. The highest BCUT2D eigenvalue weighted by atomic mass is 16.5. The van der Waals surface area contributed by atoms with Gasteiger partial charge in [0.15, 0.2) is 5.78 Å². The molecule has 1 saturated heterocycles. The molecule has 4 nitrogen and oxygen atoms in total. The first-order chi connectivity index (χ1) is 7.36. The molecule has 0 spiro atoms. The van der Waals surface area contributed by atoms with Crippen LogP contribution in [0.25, 0.3) is 0 Å². The first-order valence-electron chi connectivity index (χ1n) is 5.12. The van der Waals surface area contributed by atoms with Crippen LogP contribution >= 0.6 is 0 Å². The minimum atomic E-state index is 0.0133. The van der Waals surface area contributed by atoms with E-state index < -0.39 is 0 Å². The Morgan fingerprint density at radius 3 is 3.00 bits per heavy atom. The Labute approximate surface area is 88.7 Å². The molecule has 1 aliphatic rings. The van der Waals surface area contributed by atoms with Crippen LogP contribution in [0.4, 0.5) is 0 Å². The first-order valence-corrected chi connectivity index (χ1v) is 5.12. The van der Waals surface area contributed by atoms with Crippen LogP contribution in [0.3, 0.4) is 0 Å². The van der Waals surface area contributed by atoms with Gasteiger partial charge in [-0.1, -0.05) is 0 Å². The highest BCUT2D eigenvalue weighted by molar-refractivity contribution is 5.96. The van der Waals surface area contributed by atoms with Crippen LogP contribution in [0.5, 0.6) is 0 Å². The molecule has 0 amide bonds. The molecule has 4 heteroatoms. The van der Waals surface area contributed by atoms with Crippen LogP contribution in [0.1, 0.15) is 16.8 Å². The van der Waals surface area contributed by atoms with Gasteiger partial charge < -0.3 is 10.1 Å². The number of rotatable bonds is 3. The van der Waals surface area contributed by atoms with E-state index >= 15 is 0 Å². The number of ketones is 1. The van der Waals surface area contributed by atoms with Gasteiger partial charge in [-0.3, -0.25) is 9.78 Å². The third kappa shape index (κ3) is 2.84. The molecule has 1 atom stereocenters. The minimum Gasteiger partial charge on any atom is -0.375 e. The Morgan fingerprint density at radius 1 is 1.53 bits per heavy atom. The lowest BCUT2D eigenvalue weighted by Gasteiger charge is -2.22. The van der Waals surface area contributed by atoms with Gasteiger partial charge in [0.05, 0.1) is 12.7 Å². The number of morpholine rings is 1. The summed E-state index contributed by atoms with van der Waals surface area (Å²) in [5, 5.41) is 3.20. The van der Waals surface area contributed by atoms with Crippen LogP contribution in [-0.2, 0) is 4.74 Å². The van der Waals surface area contributed by atoms with E-state index in [9.17, 15) is 4.79 Å².